The van der Waals surface area contributed by atoms with E-state index in [-0.39, 0.29) is 24.8 Å². The van der Waals surface area contributed by atoms with Gasteiger partial charge in [0.05, 0.1) is 24.8 Å². The van der Waals surface area contributed by atoms with Gasteiger partial charge in [-0.1, -0.05) is 12.1 Å². The highest BCUT2D eigenvalue weighted by atomic mass is 16.5. The molecule has 1 aliphatic heterocycles. The molecule has 6 nitrogen and oxygen atoms in total. The van der Waals surface area contributed by atoms with E-state index in [1.54, 1.807) is 17.0 Å². The average Bonchev–Trinajstić information content (AvgIpc) is 2.86. The Kier molecular flexibility index (Phi) is 4.20. The minimum Gasteiger partial charge on any atom is -0.495 e. The van der Waals surface area contributed by atoms with Crippen LogP contribution >= 0.6 is 0 Å². The van der Waals surface area contributed by atoms with Gasteiger partial charge in [0.15, 0.2) is 0 Å². The van der Waals surface area contributed by atoms with Gasteiger partial charge in [-0.15, -0.1) is 0 Å². The first-order valence-corrected chi connectivity index (χ1v) is 6.25. The van der Waals surface area contributed by atoms with Gasteiger partial charge in [0.1, 0.15) is 12.3 Å². The van der Waals surface area contributed by atoms with Crippen molar-refractivity contribution in [2.75, 3.05) is 25.1 Å². The second kappa shape index (κ2) is 6.06. The number of ether oxygens (including phenoxy) is 1. The molecule has 20 heavy (non-hydrogen) atoms. The van der Waals surface area contributed by atoms with E-state index in [1.165, 1.54) is 7.11 Å². The van der Waals surface area contributed by atoms with Crippen LogP contribution in [0.15, 0.2) is 24.3 Å². The maximum absolute atomic E-state index is 12.1. The number of methoxy groups -OCH3 is 1. The fourth-order valence-corrected chi connectivity index (χ4v) is 2.24. The molecule has 0 saturated carbocycles. The molecule has 0 bridgehead atoms. The summed E-state index contributed by atoms with van der Waals surface area (Å²) in [4.78, 5) is 25.4. The van der Waals surface area contributed by atoms with Crippen molar-refractivity contribution in [1.29, 1.82) is 5.26 Å². The summed E-state index contributed by atoms with van der Waals surface area (Å²) < 4.78 is 5.23. The van der Waals surface area contributed by atoms with Gasteiger partial charge >= 0.3 is 0 Å². The summed E-state index contributed by atoms with van der Waals surface area (Å²) in [6.07, 6.45) is 0.148. The lowest BCUT2D eigenvalue weighted by molar-refractivity contribution is -0.126. The molecule has 1 saturated heterocycles. The molecule has 1 aliphatic rings. The van der Waals surface area contributed by atoms with Crippen LogP contribution in [0.4, 0.5) is 5.69 Å². The van der Waals surface area contributed by atoms with E-state index in [2.05, 4.69) is 5.32 Å². The lowest BCUT2D eigenvalue weighted by Crippen LogP contribution is -2.33. The van der Waals surface area contributed by atoms with E-state index in [0.717, 1.165) is 0 Å². The van der Waals surface area contributed by atoms with E-state index >= 15 is 0 Å². The second-order valence-electron chi connectivity index (χ2n) is 4.45. The number of nitrogens with one attached hydrogen (secondary N) is 1. The monoisotopic (exact) mass is 273 g/mol. The molecule has 2 amide bonds. The van der Waals surface area contributed by atoms with Crippen molar-refractivity contribution in [3.63, 3.8) is 0 Å². The zero-order valence-corrected chi connectivity index (χ0v) is 11.1. The van der Waals surface area contributed by atoms with Crippen molar-refractivity contribution in [2.45, 2.75) is 6.42 Å². The summed E-state index contributed by atoms with van der Waals surface area (Å²) in [6, 6.07) is 9.03. The van der Waals surface area contributed by atoms with Gasteiger partial charge in [-0.3, -0.25) is 9.59 Å². The molecule has 104 valence electrons. The summed E-state index contributed by atoms with van der Waals surface area (Å²) in [5.41, 5.74) is 0.663. The van der Waals surface area contributed by atoms with Crippen LogP contribution in [-0.4, -0.2) is 32.0 Å². The van der Waals surface area contributed by atoms with Crippen LogP contribution < -0.4 is 15.0 Å². The van der Waals surface area contributed by atoms with Gasteiger partial charge in [-0.25, -0.2) is 0 Å². The Balaban J connectivity index is 2.13. The number of benzene rings is 1. The third-order valence-electron chi connectivity index (χ3n) is 3.21. The second-order valence-corrected chi connectivity index (χ2v) is 4.45. The topological polar surface area (TPSA) is 82.4 Å². The smallest absolute Gasteiger partial charge is 0.227 e. The minimum atomic E-state index is -0.430. The highest BCUT2D eigenvalue weighted by Gasteiger charge is 2.35. The van der Waals surface area contributed by atoms with Crippen molar-refractivity contribution in [3.8, 4) is 11.8 Å². The fourth-order valence-electron chi connectivity index (χ4n) is 2.24. The first kappa shape index (κ1) is 13.9. The van der Waals surface area contributed by atoms with Gasteiger partial charge in [-0.2, -0.15) is 5.26 Å². The van der Waals surface area contributed by atoms with Crippen LogP contribution in [0.3, 0.4) is 0 Å². The summed E-state index contributed by atoms with van der Waals surface area (Å²) >= 11 is 0. The van der Waals surface area contributed by atoms with Gasteiger partial charge in [0.25, 0.3) is 0 Å². The van der Waals surface area contributed by atoms with Gasteiger partial charge in [0.2, 0.25) is 11.8 Å². The Labute approximate surface area is 116 Å². The summed E-state index contributed by atoms with van der Waals surface area (Å²) in [5.74, 6) is -0.219. The quantitative estimate of drug-likeness (QED) is 0.818. The Morgan fingerprint density at radius 3 is 3.00 bits per heavy atom. The van der Waals surface area contributed by atoms with Crippen molar-refractivity contribution < 1.29 is 14.3 Å². The average molecular weight is 273 g/mol. The van der Waals surface area contributed by atoms with Crippen molar-refractivity contribution >= 4 is 17.5 Å². The summed E-state index contributed by atoms with van der Waals surface area (Å²) in [6.45, 7) is 0.259. The number of amides is 2. The number of hydrogen-bond donors (Lipinski definition) is 1. The van der Waals surface area contributed by atoms with Crippen molar-refractivity contribution in [3.05, 3.63) is 24.3 Å². The molecule has 0 radical (unpaired) electrons. The summed E-state index contributed by atoms with van der Waals surface area (Å²) in [5, 5.41) is 10.9. The zero-order chi connectivity index (χ0) is 14.5. The number of carbonyl (C=O) groups excluding carboxylic acids is 2. The number of carbonyl (C=O) groups is 2. The predicted octanol–water partition coefficient (Wildman–Crippen LogP) is 0.688. The minimum absolute atomic E-state index is 0.0435. The highest BCUT2D eigenvalue weighted by Crippen LogP contribution is 2.32. The van der Waals surface area contributed by atoms with Crippen LogP contribution in [0.25, 0.3) is 0 Å². The molecule has 0 unspecified atom stereocenters. The number of anilines is 1. The SMILES string of the molecule is COc1ccccc1N1C[C@@H](C(=O)NCC#N)CC1=O. The molecule has 1 aromatic carbocycles. The molecule has 0 aromatic heterocycles. The largest absolute Gasteiger partial charge is 0.495 e. The maximum Gasteiger partial charge on any atom is 0.227 e. The molecular formula is C14H15N3O3. The lowest BCUT2D eigenvalue weighted by atomic mass is 10.1. The fraction of sp³-hybridized carbons (Fsp3) is 0.357. The molecule has 2 rings (SSSR count). The molecule has 1 N–H and O–H groups in total. The lowest BCUT2D eigenvalue weighted by Gasteiger charge is -2.19. The van der Waals surface area contributed by atoms with Gasteiger partial charge < -0.3 is 15.0 Å². The molecule has 6 heteroatoms. The predicted molar refractivity (Wildman–Crippen MR) is 72.1 cm³/mol. The molecule has 1 aromatic rings. The first-order chi connectivity index (χ1) is 9.67. The third kappa shape index (κ3) is 2.72. The molecule has 0 spiro atoms. The van der Waals surface area contributed by atoms with E-state index < -0.39 is 5.92 Å². The Bertz CT molecular complexity index is 565. The van der Waals surface area contributed by atoms with Crippen LogP contribution in [0.5, 0.6) is 5.75 Å². The van der Waals surface area contributed by atoms with E-state index in [4.69, 9.17) is 10.00 Å². The van der Waals surface area contributed by atoms with E-state index in [0.29, 0.717) is 18.0 Å². The van der Waals surface area contributed by atoms with Gasteiger partial charge in [0, 0.05) is 13.0 Å². The standard InChI is InChI=1S/C14H15N3O3/c1-20-12-5-3-2-4-11(12)17-9-10(8-13(17)18)14(19)16-7-6-15/h2-5,10H,7-9H2,1H3,(H,16,19)/t10-/m0/s1. The molecule has 1 atom stereocenters. The Morgan fingerprint density at radius 2 is 2.30 bits per heavy atom. The zero-order valence-electron chi connectivity index (χ0n) is 11.1. The molecule has 0 aliphatic carbocycles. The van der Waals surface area contributed by atoms with Crippen LogP contribution in [0, 0.1) is 17.2 Å². The molecule has 1 fully saturated rings. The van der Waals surface area contributed by atoms with Crippen molar-refractivity contribution in [2.24, 2.45) is 5.92 Å². The van der Waals surface area contributed by atoms with E-state index in [9.17, 15) is 9.59 Å². The summed E-state index contributed by atoms with van der Waals surface area (Å²) in [7, 11) is 1.54. The first-order valence-electron chi connectivity index (χ1n) is 6.25. The highest BCUT2D eigenvalue weighted by molar-refractivity contribution is 6.01. The van der Waals surface area contributed by atoms with Gasteiger partial charge in [-0.05, 0) is 12.1 Å². The van der Waals surface area contributed by atoms with E-state index in [1.807, 2.05) is 18.2 Å². The number of nitriles is 1. The third-order valence-corrected chi connectivity index (χ3v) is 3.21. The number of para-hydroxylation sites is 2. The molecular weight excluding hydrogens is 258 g/mol. The number of nitrogens with zero attached hydrogens (tertiary/aromatic N) is 2. The number of hydrogen-bond acceptors (Lipinski definition) is 4. The van der Waals surface area contributed by atoms with Crippen LogP contribution in [0.1, 0.15) is 6.42 Å². The number of rotatable bonds is 4. The van der Waals surface area contributed by atoms with Crippen LogP contribution in [-0.2, 0) is 9.59 Å². The molecule has 1 heterocycles. The maximum atomic E-state index is 12.1. The normalized spacial score (nSPS) is 17.7. The van der Waals surface area contributed by atoms with Crippen LogP contribution in [0.2, 0.25) is 0 Å². The Hall–Kier alpha value is -2.55. The Morgan fingerprint density at radius 1 is 1.55 bits per heavy atom. The van der Waals surface area contributed by atoms with Crippen molar-refractivity contribution in [1.82, 2.24) is 5.32 Å².